The summed E-state index contributed by atoms with van der Waals surface area (Å²) in [7, 11) is 5.47. The topological polar surface area (TPSA) is 67.8 Å². The SMILES string of the molecule is COc1c(C2=CCN(C(=O)OC(C)(C)C)CC2)cc(-c2cccc(Cl)c2)c2cnc(N(C)C)nc12. The van der Waals surface area contributed by atoms with Crippen LogP contribution in [0, 0.1) is 0 Å². The van der Waals surface area contributed by atoms with Crippen molar-refractivity contribution in [1.82, 2.24) is 14.9 Å². The molecule has 7 nitrogen and oxygen atoms in total. The van der Waals surface area contributed by atoms with Crippen LogP contribution in [0.3, 0.4) is 0 Å². The molecule has 0 bridgehead atoms. The molecule has 0 aliphatic carbocycles. The number of nitrogens with zero attached hydrogens (tertiary/aromatic N) is 4. The average molecular weight is 495 g/mol. The summed E-state index contributed by atoms with van der Waals surface area (Å²) >= 11 is 6.33. The molecule has 8 heteroatoms. The summed E-state index contributed by atoms with van der Waals surface area (Å²) in [4.78, 5) is 25.5. The standard InChI is InChI=1S/C27H31ClN4O3/c1-27(2,3)35-26(33)32-12-10-17(11-13-32)21-15-20(18-8-7-9-19(28)14-18)22-16-29-25(31(4)5)30-23(22)24(21)34-6/h7-10,14-16H,11-13H2,1-6H3. The Hall–Kier alpha value is -3.32. The van der Waals surface area contributed by atoms with Crippen molar-refractivity contribution in [2.45, 2.75) is 32.8 Å². The summed E-state index contributed by atoms with van der Waals surface area (Å²) in [6, 6.07) is 9.86. The van der Waals surface area contributed by atoms with E-state index in [9.17, 15) is 4.79 Å². The average Bonchev–Trinajstić information content (AvgIpc) is 2.81. The number of carbonyl (C=O) groups excluding carboxylic acids is 1. The molecule has 0 spiro atoms. The van der Waals surface area contributed by atoms with Gasteiger partial charge in [-0.1, -0.05) is 29.8 Å². The third-order valence-electron chi connectivity index (χ3n) is 5.76. The molecule has 35 heavy (non-hydrogen) atoms. The molecule has 0 N–H and O–H groups in total. The highest BCUT2D eigenvalue weighted by molar-refractivity contribution is 6.31. The van der Waals surface area contributed by atoms with Gasteiger partial charge >= 0.3 is 6.09 Å². The van der Waals surface area contributed by atoms with E-state index >= 15 is 0 Å². The third kappa shape index (κ3) is 5.35. The molecular weight excluding hydrogens is 464 g/mol. The summed E-state index contributed by atoms with van der Waals surface area (Å²) in [6.45, 7) is 6.64. The van der Waals surface area contributed by atoms with Crippen LogP contribution in [0.25, 0.3) is 27.6 Å². The first kappa shape index (κ1) is 24.8. The van der Waals surface area contributed by atoms with Gasteiger partial charge in [0, 0.05) is 49.4 Å². The van der Waals surface area contributed by atoms with Crippen LogP contribution in [0.2, 0.25) is 5.02 Å². The molecule has 2 aromatic carbocycles. The van der Waals surface area contributed by atoms with Crippen LogP contribution in [0.15, 0.2) is 42.6 Å². The number of methoxy groups -OCH3 is 1. The van der Waals surface area contributed by atoms with Crippen molar-refractivity contribution in [1.29, 1.82) is 0 Å². The van der Waals surface area contributed by atoms with Crippen LogP contribution < -0.4 is 9.64 Å². The Labute approximate surface area is 211 Å². The van der Waals surface area contributed by atoms with Gasteiger partial charge in [-0.25, -0.2) is 14.8 Å². The van der Waals surface area contributed by atoms with E-state index in [0.29, 0.717) is 36.2 Å². The van der Waals surface area contributed by atoms with Gasteiger partial charge in [0.1, 0.15) is 11.1 Å². The highest BCUT2D eigenvalue weighted by atomic mass is 35.5. The maximum absolute atomic E-state index is 12.5. The fourth-order valence-corrected chi connectivity index (χ4v) is 4.31. The second kappa shape index (κ2) is 9.74. The lowest BCUT2D eigenvalue weighted by molar-refractivity contribution is 0.0270. The fraction of sp³-hybridized carbons (Fsp3) is 0.370. The van der Waals surface area contributed by atoms with Crippen molar-refractivity contribution in [2.24, 2.45) is 0 Å². The minimum atomic E-state index is -0.529. The Morgan fingerprint density at radius 3 is 2.54 bits per heavy atom. The predicted octanol–water partition coefficient (Wildman–Crippen LogP) is 6.05. The lowest BCUT2D eigenvalue weighted by Crippen LogP contribution is -2.39. The summed E-state index contributed by atoms with van der Waals surface area (Å²) in [6.07, 6.45) is 4.26. The molecule has 0 saturated heterocycles. The van der Waals surface area contributed by atoms with Crippen LogP contribution in [0.1, 0.15) is 32.8 Å². The van der Waals surface area contributed by atoms with Gasteiger partial charge in [0.25, 0.3) is 0 Å². The number of hydrogen-bond donors (Lipinski definition) is 0. The lowest BCUT2D eigenvalue weighted by atomic mass is 9.92. The molecule has 1 aliphatic rings. The van der Waals surface area contributed by atoms with Gasteiger partial charge in [-0.3, -0.25) is 0 Å². The van der Waals surface area contributed by atoms with E-state index in [1.54, 1.807) is 12.0 Å². The molecular formula is C27H31ClN4O3. The first-order chi connectivity index (χ1) is 16.6. The van der Waals surface area contributed by atoms with Gasteiger partial charge in [-0.05, 0) is 62.1 Å². The van der Waals surface area contributed by atoms with E-state index in [1.165, 1.54) is 0 Å². The summed E-state index contributed by atoms with van der Waals surface area (Å²) in [5.74, 6) is 1.28. The zero-order valence-electron chi connectivity index (χ0n) is 21.1. The molecule has 0 saturated carbocycles. The van der Waals surface area contributed by atoms with Gasteiger partial charge in [0.15, 0.2) is 5.75 Å². The number of fused-ring (bicyclic) bond motifs is 1. The van der Waals surface area contributed by atoms with Crippen LogP contribution in [-0.4, -0.2) is 60.9 Å². The zero-order valence-corrected chi connectivity index (χ0v) is 21.8. The number of halogens is 1. The van der Waals surface area contributed by atoms with E-state index in [4.69, 9.17) is 26.1 Å². The number of anilines is 1. The first-order valence-corrected chi connectivity index (χ1v) is 11.9. The van der Waals surface area contributed by atoms with E-state index < -0.39 is 5.60 Å². The first-order valence-electron chi connectivity index (χ1n) is 11.6. The second-order valence-corrected chi connectivity index (χ2v) is 10.2. The Kier molecular flexibility index (Phi) is 6.90. The molecule has 2 heterocycles. The maximum Gasteiger partial charge on any atom is 0.410 e. The molecule has 4 rings (SSSR count). The number of benzene rings is 2. The Balaban J connectivity index is 1.84. The minimum absolute atomic E-state index is 0.304. The number of carbonyl (C=O) groups is 1. The van der Waals surface area contributed by atoms with Crippen molar-refractivity contribution in [3.8, 4) is 16.9 Å². The summed E-state index contributed by atoms with van der Waals surface area (Å²) in [5, 5.41) is 1.54. The highest BCUT2D eigenvalue weighted by Gasteiger charge is 2.26. The monoisotopic (exact) mass is 494 g/mol. The van der Waals surface area contributed by atoms with E-state index in [-0.39, 0.29) is 6.09 Å². The molecule has 3 aromatic rings. The molecule has 1 aromatic heterocycles. The normalized spacial score (nSPS) is 14.0. The van der Waals surface area contributed by atoms with Crippen LogP contribution in [-0.2, 0) is 4.74 Å². The van der Waals surface area contributed by atoms with Crippen molar-refractivity contribution >= 4 is 40.1 Å². The van der Waals surface area contributed by atoms with Crippen LogP contribution >= 0.6 is 11.6 Å². The second-order valence-electron chi connectivity index (χ2n) is 9.75. The van der Waals surface area contributed by atoms with Gasteiger partial charge in [0.2, 0.25) is 5.95 Å². The van der Waals surface area contributed by atoms with E-state index in [2.05, 4.69) is 17.1 Å². The molecule has 0 unspecified atom stereocenters. The number of ether oxygens (including phenoxy) is 2. The summed E-state index contributed by atoms with van der Waals surface area (Å²) < 4.78 is 11.5. The number of hydrogen-bond acceptors (Lipinski definition) is 6. The van der Waals surface area contributed by atoms with E-state index in [0.717, 1.165) is 33.2 Å². The van der Waals surface area contributed by atoms with Crippen molar-refractivity contribution < 1.29 is 14.3 Å². The van der Waals surface area contributed by atoms with Gasteiger partial charge in [-0.2, -0.15) is 0 Å². The minimum Gasteiger partial charge on any atom is -0.494 e. The molecule has 0 atom stereocenters. The molecule has 184 valence electrons. The van der Waals surface area contributed by atoms with Crippen molar-refractivity contribution in [3.63, 3.8) is 0 Å². The Morgan fingerprint density at radius 2 is 1.94 bits per heavy atom. The number of aromatic nitrogens is 2. The van der Waals surface area contributed by atoms with Crippen LogP contribution in [0.4, 0.5) is 10.7 Å². The molecule has 0 radical (unpaired) electrons. The quantitative estimate of drug-likeness (QED) is 0.440. The Morgan fingerprint density at radius 1 is 1.17 bits per heavy atom. The lowest BCUT2D eigenvalue weighted by Gasteiger charge is -2.30. The molecule has 1 aliphatic heterocycles. The van der Waals surface area contributed by atoms with Crippen LogP contribution in [0.5, 0.6) is 5.75 Å². The number of amides is 1. The van der Waals surface area contributed by atoms with E-state index in [1.807, 2.05) is 70.2 Å². The smallest absolute Gasteiger partial charge is 0.410 e. The summed E-state index contributed by atoms with van der Waals surface area (Å²) in [5.41, 5.74) is 4.19. The molecule has 0 fully saturated rings. The zero-order chi connectivity index (χ0) is 25.3. The third-order valence-corrected chi connectivity index (χ3v) is 6.00. The predicted molar refractivity (Wildman–Crippen MR) is 141 cm³/mol. The molecule has 1 amide bonds. The Bertz CT molecular complexity index is 1300. The van der Waals surface area contributed by atoms with Gasteiger partial charge in [-0.15, -0.1) is 0 Å². The van der Waals surface area contributed by atoms with Crippen molar-refractivity contribution in [2.75, 3.05) is 39.2 Å². The maximum atomic E-state index is 12.5. The van der Waals surface area contributed by atoms with Gasteiger partial charge in [0.05, 0.1) is 7.11 Å². The fourth-order valence-electron chi connectivity index (χ4n) is 4.12. The van der Waals surface area contributed by atoms with Gasteiger partial charge < -0.3 is 19.3 Å². The van der Waals surface area contributed by atoms with Crippen molar-refractivity contribution in [3.05, 3.63) is 53.2 Å². The number of rotatable bonds is 4. The highest BCUT2D eigenvalue weighted by Crippen LogP contribution is 2.41. The largest absolute Gasteiger partial charge is 0.494 e.